The summed E-state index contributed by atoms with van der Waals surface area (Å²) in [5.74, 6) is 0.0975. The molecule has 0 aliphatic carbocycles. The van der Waals surface area contributed by atoms with E-state index in [0.29, 0.717) is 11.1 Å². The lowest BCUT2D eigenvalue weighted by Gasteiger charge is -2.10. The Hall–Kier alpha value is -2.36. The number of para-hydroxylation sites is 1. The van der Waals surface area contributed by atoms with E-state index in [9.17, 15) is 15.2 Å². The molecule has 0 spiro atoms. The highest BCUT2D eigenvalue weighted by Gasteiger charge is 2.23. The number of rotatable bonds is 4. The van der Waals surface area contributed by atoms with Crippen molar-refractivity contribution in [3.05, 3.63) is 75.8 Å². The number of nitro groups is 1. The van der Waals surface area contributed by atoms with E-state index in [1.807, 2.05) is 6.07 Å². The third kappa shape index (κ3) is 2.66. The van der Waals surface area contributed by atoms with Crippen molar-refractivity contribution in [1.29, 1.82) is 0 Å². The fourth-order valence-electron chi connectivity index (χ4n) is 1.88. The van der Waals surface area contributed by atoms with E-state index in [-0.39, 0.29) is 17.1 Å². The Kier molecular flexibility index (Phi) is 3.57. The molecule has 0 aliphatic heterocycles. The molecular formula is C14H13NO3. The first-order valence-corrected chi connectivity index (χ1v) is 5.64. The molecule has 92 valence electrons. The van der Waals surface area contributed by atoms with Gasteiger partial charge >= 0.3 is 0 Å². The molecule has 0 aromatic heterocycles. The summed E-state index contributed by atoms with van der Waals surface area (Å²) in [5.41, 5.74) is 1.23. The Bertz CT molecular complexity index is 540. The quantitative estimate of drug-likeness (QED) is 0.663. The second-order valence-electron chi connectivity index (χ2n) is 4.04. The van der Waals surface area contributed by atoms with Gasteiger partial charge in [-0.1, -0.05) is 48.5 Å². The molecule has 1 N–H and O–H groups in total. The van der Waals surface area contributed by atoms with Crippen LogP contribution in [0.5, 0.6) is 5.75 Å². The number of phenolic OH excluding ortho intramolecular Hbond substituents is 1. The second kappa shape index (κ2) is 5.31. The van der Waals surface area contributed by atoms with Gasteiger partial charge in [-0.15, -0.1) is 0 Å². The first-order chi connectivity index (χ1) is 8.68. The van der Waals surface area contributed by atoms with Gasteiger partial charge in [0.2, 0.25) is 6.04 Å². The zero-order chi connectivity index (χ0) is 13.0. The van der Waals surface area contributed by atoms with E-state index in [2.05, 4.69) is 0 Å². The molecular weight excluding hydrogens is 230 g/mol. The molecule has 4 nitrogen and oxygen atoms in total. The average Bonchev–Trinajstić information content (AvgIpc) is 2.38. The van der Waals surface area contributed by atoms with E-state index >= 15 is 0 Å². The Morgan fingerprint density at radius 1 is 1.06 bits per heavy atom. The van der Waals surface area contributed by atoms with Crippen molar-refractivity contribution < 1.29 is 10.0 Å². The molecule has 18 heavy (non-hydrogen) atoms. The number of aromatic hydroxyl groups is 1. The normalized spacial score (nSPS) is 12.0. The van der Waals surface area contributed by atoms with Gasteiger partial charge in [0.05, 0.1) is 0 Å². The topological polar surface area (TPSA) is 63.4 Å². The minimum absolute atomic E-state index is 0.0975. The number of nitrogens with zero attached hydrogens (tertiary/aromatic N) is 1. The van der Waals surface area contributed by atoms with Gasteiger partial charge < -0.3 is 5.11 Å². The SMILES string of the molecule is O=[N+]([O-])C(Cc1ccccc1O)c1ccccc1. The van der Waals surface area contributed by atoms with Gasteiger partial charge in [-0.2, -0.15) is 0 Å². The van der Waals surface area contributed by atoms with Gasteiger partial charge in [-0.25, -0.2) is 0 Å². The zero-order valence-corrected chi connectivity index (χ0v) is 9.69. The van der Waals surface area contributed by atoms with Crippen LogP contribution in [-0.4, -0.2) is 10.0 Å². The summed E-state index contributed by atoms with van der Waals surface area (Å²) >= 11 is 0. The number of benzene rings is 2. The predicted molar refractivity (Wildman–Crippen MR) is 68.0 cm³/mol. The van der Waals surface area contributed by atoms with Crippen molar-refractivity contribution >= 4 is 0 Å². The summed E-state index contributed by atoms with van der Waals surface area (Å²) in [7, 11) is 0. The highest BCUT2D eigenvalue weighted by Crippen LogP contribution is 2.25. The monoisotopic (exact) mass is 243 g/mol. The standard InChI is InChI=1S/C14H13NO3/c16-14-9-5-4-8-12(14)10-13(15(17)18)11-6-2-1-3-7-11/h1-9,13,16H,10H2. The van der Waals surface area contributed by atoms with Crippen molar-refractivity contribution in [2.24, 2.45) is 0 Å². The van der Waals surface area contributed by atoms with E-state index in [1.54, 1.807) is 42.5 Å². The first-order valence-electron chi connectivity index (χ1n) is 5.64. The van der Waals surface area contributed by atoms with Crippen molar-refractivity contribution in [3.63, 3.8) is 0 Å². The van der Waals surface area contributed by atoms with Crippen molar-refractivity contribution in [1.82, 2.24) is 0 Å². The second-order valence-corrected chi connectivity index (χ2v) is 4.04. The summed E-state index contributed by atoms with van der Waals surface area (Å²) in [5, 5.41) is 20.8. The molecule has 2 aromatic rings. The molecule has 0 amide bonds. The van der Waals surface area contributed by atoms with Crippen molar-refractivity contribution in [2.75, 3.05) is 0 Å². The van der Waals surface area contributed by atoms with Crippen LogP contribution in [0.1, 0.15) is 17.2 Å². The van der Waals surface area contributed by atoms with Crippen LogP contribution in [0.3, 0.4) is 0 Å². The average molecular weight is 243 g/mol. The molecule has 2 rings (SSSR count). The van der Waals surface area contributed by atoms with Crippen LogP contribution in [-0.2, 0) is 6.42 Å². The van der Waals surface area contributed by atoms with Gasteiger partial charge in [-0.3, -0.25) is 10.1 Å². The number of hydrogen-bond donors (Lipinski definition) is 1. The maximum atomic E-state index is 11.1. The zero-order valence-electron chi connectivity index (χ0n) is 9.69. The third-order valence-corrected chi connectivity index (χ3v) is 2.84. The molecule has 2 aromatic carbocycles. The summed E-state index contributed by atoms with van der Waals surface area (Å²) in [6.45, 7) is 0. The summed E-state index contributed by atoms with van der Waals surface area (Å²) in [6.07, 6.45) is 0.184. The lowest BCUT2D eigenvalue weighted by Crippen LogP contribution is -2.13. The van der Waals surface area contributed by atoms with Crippen LogP contribution < -0.4 is 0 Å². The highest BCUT2D eigenvalue weighted by atomic mass is 16.6. The van der Waals surface area contributed by atoms with Gasteiger partial charge in [0.15, 0.2) is 0 Å². The fourth-order valence-corrected chi connectivity index (χ4v) is 1.88. The van der Waals surface area contributed by atoms with Crippen LogP contribution in [0.2, 0.25) is 0 Å². The number of phenols is 1. The Labute approximate surface area is 105 Å². The largest absolute Gasteiger partial charge is 0.508 e. The third-order valence-electron chi connectivity index (χ3n) is 2.84. The van der Waals surface area contributed by atoms with E-state index in [4.69, 9.17) is 0 Å². The maximum Gasteiger partial charge on any atom is 0.242 e. The van der Waals surface area contributed by atoms with E-state index in [0.717, 1.165) is 0 Å². The highest BCUT2D eigenvalue weighted by molar-refractivity contribution is 5.33. The molecule has 0 heterocycles. The van der Waals surface area contributed by atoms with Crippen LogP contribution in [0.4, 0.5) is 0 Å². The van der Waals surface area contributed by atoms with Gasteiger partial charge in [0, 0.05) is 22.5 Å². The Balaban J connectivity index is 2.28. The summed E-state index contributed by atoms with van der Waals surface area (Å²) in [4.78, 5) is 10.8. The summed E-state index contributed by atoms with van der Waals surface area (Å²) < 4.78 is 0. The molecule has 4 heteroatoms. The fraction of sp³-hybridized carbons (Fsp3) is 0.143. The molecule has 0 aliphatic rings. The molecule has 0 fully saturated rings. The smallest absolute Gasteiger partial charge is 0.242 e. The van der Waals surface area contributed by atoms with Crippen LogP contribution >= 0.6 is 0 Å². The number of hydrogen-bond acceptors (Lipinski definition) is 3. The van der Waals surface area contributed by atoms with Crippen LogP contribution in [0.15, 0.2) is 54.6 Å². The molecule has 0 saturated heterocycles. The van der Waals surface area contributed by atoms with E-state index < -0.39 is 6.04 Å². The van der Waals surface area contributed by atoms with Crippen molar-refractivity contribution in [2.45, 2.75) is 12.5 Å². The molecule has 0 saturated carbocycles. The molecule has 0 radical (unpaired) electrons. The minimum atomic E-state index is -0.834. The Morgan fingerprint density at radius 3 is 2.28 bits per heavy atom. The minimum Gasteiger partial charge on any atom is -0.508 e. The molecule has 1 atom stereocenters. The summed E-state index contributed by atoms with van der Waals surface area (Å²) in [6, 6.07) is 14.7. The van der Waals surface area contributed by atoms with Crippen LogP contribution in [0, 0.1) is 10.1 Å². The van der Waals surface area contributed by atoms with Crippen molar-refractivity contribution in [3.8, 4) is 5.75 Å². The molecule has 0 bridgehead atoms. The predicted octanol–water partition coefficient (Wildman–Crippen LogP) is 2.95. The van der Waals surface area contributed by atoms with Gasteiger partial charge in [-0.05, 0) is 6.07 Å². The van der Waals surface area contributed by atoms with Gasteiger partial charge in [0.1, 0.15) is 5.75 Å². The molecule has 1 unspecified atom stereocenters. The lowest BCUT2D eigenvalue weighted by atomic mass is 9.99. The van der Waals surface area contributed by atoms with Crippen LogP contribution in [0.25, 0.3) is 0 Å². The van der Waals surface area contributed by atoms with Gasteiger partial charge in [0.25, 0.3) is 0 Å². The Morgan fingerprint density at radius 2 is 1.67 bits per heavy atom. The lowest BCUT2D eigenvalue weighted by molar-refractivity contribution is -0.528. The maximum absolute atomic E-state index is 11.1. The van der Waals surface area contributed by atoms with E-state index in [1.165, 1.54) is 6.07 Å². The first kappa shape index (κ1) is 12.1.